The third kappa shape index (κ3) is 5.85. The van der Waals surface area contributed by atoms with E-state index in [0.717, 1.165) is 39.7 Å². The topological polar surface area (TPSA) is 86.7 Å². The number of para-hydroxylation sites is 1. The first-order chi connectivity index (χ1) is 15.9. The highest BCUT2D eigenvalue weighted by atomic mass is 16.5. The van der Waals surface area contributed by atoms with Gasteiger partial charge in [0.2, 0.25) is 0 Å². The number of aromatic amines is 1. The van der Waals surface area contributed by atoms with Gasteiger partial charge in [0.25, 0.3) is 0 Å². The molecule has 0 spiro atoms. The summed E-state index contributed by atoms with van der Waals surface area (Å²) < 4.78 is 11.4. The fourth-order valence-electron chi connectivity index (χ4n) is 4.07. The van der Waals surface area contributed by atoms with Crippen molar-refractivity contribution in [3.63, 3.8) is 0 Å². The zero-order valence-electron chi connectivity index (χ0n) is 19.2. The van der Waals surface area contributed by atoms with E-state index in [1.54, 1.807) is 0 Å². The molecule has 0 amide bonds. The fraction of sp³-hybridized carbons (Fsp3) is 0.333. The lowest BCUT2D eigenvalue weighted by molar-refractivity contribution is 0.0996. The Labute approximate surface area is 194 Å². The number of nitrogens with one attached hydrogen (secondary N) is 2. The number of rotatable bonds is 11. The van der Waals surface area contributed by atoms with E-state index < -0.39 is 6.10 Å². The third-order valence-corrected chi connectivity index (χ3v) is 5.67. The molecule has 0 aliphatic rings. The summed E-state index contributed by atoms with van der Waals surface area (Å²) in [7, 11) is 0. The second-order valence-electron chi connectivity index (χ2n) is 8.97. The SMILES string of the molecule is CC(C)(Cc1ccc(OCCO)cc1)NCC(O)COc1cccc2[nH]c3ccccc3c12. The van der Waals surface area contributed by atoms with Crippen LogP contribution in [0.3, 0.4) is 0 Å². The van der Waals surface area contributed by atoms with Crippen LogP contribution in [0.25, 0.3) is 21.8 Å². The van der Waals surface area contributed by atoms with Crippen LogP contribution in [0.4, 0.5) is 0 Å². The molecule has 4 rings (SSSR count). The maximum absolute atomic E-state index is 10.6. The molecule has 33 heavy (non-hydrogen) atoms. The van der Waals surface area contributed by atoms with E-state index in [9.17, 15) is 5.11 Å². The van der Waals surface area contributed by atoms with Crippen molar-refractivity contribution in [3.8, 4) is 11.5 Å². The van der Waals surface area contributed by atoms with Crippen LogP contribution in [-0.2, 0) is 6.42 Å². The molecule has 1 unspecified atom stereocenters. The predicted octanol–water partition coefficient (Wildman–Crippen LogP) is 4.04. The summed E-state index contributed by atoms with van der Waals surface area (Å²) in [6.45, 7) is 5.16. The molecule has 0 fully saturated rings. The van der Waals surface area contributed by atoms with Crippen LogP contribution in [-0.4, -0.2) is 53.2 Å². The number of aliphatic hydroxyl groups is 2. The zero-order chi connectivity index (χ0) is 23.3. The van der Waals surface area contributed by atoms with Crippen LogP contribution in [0.15, 0.2) is 66.7 Å². The van der Waals surface area contributed by atoms with Crippen LogP contribution in [0.2, 0.25) is 0 Å². The first kappa shape index (κ1) is 23.1. The number of β-amino-alcohol motifs (C(OH)–C–C–N with tert-alkyl or cyclic N) is 1. The number of hydrogen-bond donors (Lipinski definition) is 4. The maximum atomic E-state index is 10.6. The van der Waals surface area contributed by atoms with Crippen molar-refractivity contribution in [1.82, 2.24) is 10.3 Å². The minimum atomic E-state index is -0.640. The van der Waals surface area contributed by atoms with E-state index in [4.69, 9.17) is 14.6 Å². The molecule has 0 saturated heterocycles. The van der Waals surface area contributed by atoms with Gasteiger partial charge in [-0.25, -0.2) is 0 Å². The van der Waals surface area contributed by atoms with Crippen molar-refractivity contribution in [3.05, 3.63) is 72.3 Å². The first-order valence-electron chi connectivity index (χ1n) is 11.3. The molecule has 4 N–H and O–H groups in total. The highest BCUT2D eigenvalue weighted by molar-refractivity contribution is 6.10. The van der Waals surface area contributed by atoms with E-state index in [1.165, 1.54) is 5.56 Å². The second-order valence-corrected chi connectivity index (χ2v) is 8.97. The number of H-pyrrole nitrogens is 1. The fourth-order valence-corrected chi connectivity index (χ4v) is 4.07. The summed E-state index contributed by atoms with van der Waals surface area (Å²) in [6, 6.07) is 22.0. The van der Waals surface area contributed by atoms with Gasteiger partial charge in [-0.2, -0.15) is 0 Å². The Bertz CT molecular complexity index is 1180. The van der Waals surface area contributed by atoms with E-state index in [1.807, 2.05) is 54.6 Å². The largest absolute Gasteiger partial charge is 0.491 e. The van der Waals surface area contributed by atoms with E-state index >= 15 is 0 Å². The van der Waals surface area contributed by atoms with Crippen molar-refractivity contribution in [2.75, 3.05) is 26.4 Å². The predicted molar refractivity (Wildman–Crippen MR) is 132 cm³/mol. The second kappa shape index (κ2) is 10.3. The van der Waals surface area contributed by atoms with Gasteiger partial charge < -0.3 is 30.0 Å². The molecule has 174 valence electrons. The zero-order valence-corrected chi connectivity index (χ0v) is 19.2. The molecule has 1 heterocycles. The molecule has 1 aromatic heterocycles. The van der Waals surface area contributed by atoms with Gasteiger partial charge in [-0.05, 0) is 56.2 Å². The summed E-state index contributed by atoms with van der Waals surface area (Å²) in [5.74, 6) is 1.52. The van der Waals surface area contributed by atoms with Crippen molar-refractivity contribution >= 4 is 21.8 Å². The summed E-state index contributed by atoms with van der Waals surface area (Å²) in [6.07, 6.45) is 0.161. The molecule has 0 bridgehead atoms. The minimum absolute atomic E-state index is 0.00166. The molecule has 0 radical (unpaired) electrons. The van der Waals surface area contributed by atoms with Crippen molar-refractivity contribution in [1.29, 1.82) is 0 Å². The number of fused-ring (bicyclic) bond motifs is 3. The van der Waals surface area contributed by atoms with Gasteiger partial charge in [-0.15, -0.1) is 0 Å². The quantitative estimate of drug-likeness (QED) is 0.278. The van der Waals surface area contributed by atoms with Gasteiger partial charge in [0.15, 0.2) is 0 Å². The van der Waals surface area contributed by atoms with Gasteiger partial charge in [0.05, 0.1) is 12.1 Å². The molecule has 0 aliphatic heterocycles. The van der Waals surface area contributed by atoms with E-state index in [0.29, 0.717) is 13.2 Å². The van der Waals surface area contributed by atoms with Gasteiger partial charge in [0.1, 0.15) is 30.8 Å². The van der Waals surface area contributed by atoms with Gasteiger partial charge in [0, 0.05) is 28.4 Å². The van der Waals surface area contributed by atoms with Crippen molar-refractivity contribution < 1.29 is 19.7 Å². The highest BCUT2D eigenvalue weighted by Crippen LogP contribution is 2.33. The molecule has 6 nitrogen and oxygen atoms in total. The summed E-state index contributed by atoms with van der Waals surface area (Å²) >= 11 is 0. The van der Waals surface area contributed by atoms with Crippen molar-refractivity contribution in [2.24, 2.45) is 0 Å². The Morgan fingerprint density at radius 3 is 2.48 bits per heavy atom. The van der Waals surface area contributed by atoms with Crippen LogP contribution in [0.1, 0.15) is 19.4 Å². The molecule has 0 saturated carbocycles. The standard InChI is InChI=1S/C27H32N2O4/c1-27(2,16-19-10-12-21(13-11-19)32-15-14-30)28-17-20(31)18-33-25-9-5-8-24-26(25)22-6-3-4-7-23(22)29-24/h3-13,20,28-31H,14-18H2,1-2H3. The highest BCUT2D eigenvalue weighted by Gasteiger charge is 2.20. The number of benzene rings is 3. The molecule has 0 aliphatic carbocycles. The number of ether oxygens (including phenoxy) is 2. The van der Waals surface area contributed by atoms with E-state index in [-0.39, 0.29) is 18.8 Å². The molecular weight excluding hydrogens is 416 g/mol. The van der Waals surface area contributed by atoms with Crippen LogP contribution in [0, 0.1) is 0 Å². The summed E-state index contributed by atoms with van der Waals surface area (Å²) in [5, 5.41) is 25.0. The lowest BCUT2D eigenvalue weighted by Crippen LogP contribution is -2.46. The van der Waals surface area contributed by atoms with Gasteiger partial charge in [-0.1, -0.05) is 36.4 Å². The molecule has 3 aromatic carbocycles. The number of hydrogen-bond acceptors (Lipinski definition) is 5. The normalized spacial score (nSPS) is 12.8. The van der Waals surface area contributed by atoms with Crippen LogP contribution < -0.4 is 14.8 Å². The van der Waals surface area contributed by atoms with Crippen LogP contribution in [0.5, 0.6) is 11.5 Å². The lowest BCUT2D eigenvalue weighted by atomic mass is 9.94. The molecule has 6 heteroatoms. The molecular formula is C27H32N2O4. The van der Waals surface area contributed by atoms with Gasteiger partial charge in [-0.3, -0.25) is 0 Å². The van der Waals surface area contributed by atoms with Crippen molar-refractivity contribution in [2.45, 2.75) is 31.9 Å². The third-order valence-electron chi connectivity index (χ3n) is 5.67. The smallest absolute Gasteiger partial charge is 0.129 e. The molecule has 1 atom stereocenters. The average Bonchev–Trinajstić information content (AvgIpc) is 3.20. The lowest BCUT2D eigenvalue weighted by Gasteiger charge is -2.28. The molecule has 4 aromatic rings. The van der Waals surface area contributed by atoms with Crippen LogP contribution >= 0.6 is 0 Å². The Balaban J connectivity index is 1.31. The Kier molecular flexibility index (Phi) is 7.18. The Hall–Kier alpha value is -3.06. The first-order valence-corrected chi connectivity index (χ1v) is 11.3. The van der Waals surface area contributed by atoms with E-state index in [2.05, 4.69) is 36.3 Å². The Morgan fingerprint density at radius 2 is 1.70 bits per heavy atom. The monoisotopic (exact) mass is 448 g/mol. The maximum Gasteiger partial charge on any atom is 0.129 e. The Morgan fingerprint density at radius 1 is 0.939 bits per heavy atom. The summed E-state index contributed by atoms with van der Waals surface area (Å²) in [5.41, 5.74) is 3.06. The number of aromatic nitrogens is 1. The average molecular weight is 449 g/mol. The summed E-state index contributed by atoms with van der Waals surface area (Å²) in [4.78, 5) is 3.41. The number of aliphatic hydroxyl groups excluding tert-OH is 2. The van der Waals surface area contributed by atoms with Gasteiger partial charge >= 0.3 is 0 Å². The minimum Gasteiger partial charge on any atom is -0.491 e.